The van der Waals surface area contributed by atoms with Gasteiger partial charge in [0.05, 0.1) is 11.6 Å². The van der Waals surface area contributed by atoms with Gasteiger partial charge in [-0.25, -0.2) is 0 Å². The highest BCUT2D eigenvalue weighted by atomic mass is 16.4. The van der Waals surface area contributed by atoms with E-state index in [1.54, 1.807) is 19.1 Å². The smallest absolute Gasteiger partial charge is 0.323 e. The third-order valence-corrected chi connectivity index (χ3v) is 1.65. The zero-order chi connectivity index (χ0) is 12.0. The Bertz CT molecular complexity index is 396. The zero-order valence-electron chi connectivity index (χ0n) is 8.61. The van der Waals surface area contributed by atoms with E-state index >= 15 is 0 Å². The lowest BCUT2D eigenvalue weighted by Gasteiger charge is -2.21. The molecule has 0 bridgehead atoms. The largest absolute Gasteiger partial charge is 0.480 e. The fourth-order valence-corrected chi connectivity index (χ4v) is 0.940. The molecule has 1 N–H and O–H groups in total. The van der Waals surface area contributed by atoms with Crippen molar-refractivity contribution in [3.63, 3.8) is 0 Å². The van der Waals surface area contributed by atoms with Gasteiger partial charge in [-0.3, -0.25) is 4.79 Å². The molecule has 0 aromatic carbocycles. The van der Waals surface area contributed by atoms with Crippen LogP contribution in [0.25, 0.3) is 0 Å². The predicted molar refractivity (Wildman–Crippen MR) is 53.1 cm³/mol. The fourth-order valence-electron chi connectivity index (χ4n) is 0.940. The minimum absolute atomic E-state index is 0.0207. The van der Waals surface area contributed by atoms with E-state index in [1.807, 2.05) is 0 Å². The molecule has 0 saturated heterocycles. The van der Waals surface area contributed by atoms with Crippen molar-refractivity contribution in [3.05, 3.63) is 23.5 Å². The summed E-state index contributed by atoms with van der Waals surface area (Å²) in [5.41, 5.74) is 0.595. The van der Waals surface area contributed by atoms with Gasteiger partial charge in [0.25, 0.3) is 0 Å². The molecule has 0 amide bonds. The molecule has 0 aliphatic rings. The van der Waals surface area contributed by atoms with Crippen LogP contribution < -0.4 is 0 Å². The van der Waals surface area contributed by atoms with Crippen molar-refractivity contribution < 1.29 is 9.90 Å². The van der Waals surface area contributed by atoms with Crippen LogP contribution in [0.15, 0.2) is 23.5 Å². The number of aliphatic carboxylic acids is 1. The van der Waals surface area contributed by atoms with Gasteiger partial charge in [-0.15, -0.1) is 0 Å². The summed E-state index contributed by atoms with van der Waals surface area (Å²) in [6.07, 6.45) is 0. The van der Waals surface area contributed by atoms with Gasteiger partial charge < -0.3 is 10.0 Å². The van der Waals surface area contributed by atoms with Gasteiger partial charge in [-0.05, 0) is 13.8 Å². The molecule has 0 unspecified atom stereocenters. The first-order valence-corrected chi connectivity index (χ1v) is 4.10. The van der Waals surface area contributed by atoms with E-state index in [9.17, 15) is 4.79 Å². The van der Waals surface area contributed by atoms with E-state index < -0.39 is 5.97 Å². The third kappa shape index (κ3) is 3.53. The van der Waals surface area contributed by atoms with Gasteiger partial charge in [0, 0.05) is 5.70 Å². The minimum Gasteiger partial charge on any atom is -0.480 e. The molecule has 0 rings (SSSR count). The summed E-state index contributed by atoms with van der Waals surface area (Å²) < 4.78 is 0. The predicted octanol–water partition coefficient (Wildman–Crippen LogP) is 1.23. The molecule has 0 saturated carbocycles. The second-order valence-electron chi connectivity index (χ2n) is 2.91. The summed E-state index contributed by atoms with van der Waals surface area (Å²) >= 11 is 0. The first-order valence-electron chi connectivity index (χ1n) is 4.10. The molecule has 0 heterocycles. The summed E-state index contributed by atoms with van der Waals surface area (Å²) in [6, 6.07) is 3.60. The van der Waals surface area contributed by atoms with E-state index in [0.717, 1.165) is 0 Å². The average molecular weight is 205 g/mol. The second kappa shape index (κ2) is 5.46. The molecular weight excluding hydrogens is 194 g/mol. The van der Waals surface area contributed by atoms with Crippen molar-refractivity contribution >= 4 is 5.97 Å². The Morgan fingerprint density at radius 1 is 1.40 bits per heavy atom. The van der Waals surface area contributed by atoms with E-state index in [4.69, 9.17) is 15.6 Å². The Labute approximate surface area is 88.1 Å². The van der Waals surface area contributed by atoms with E-state index in [0.29, 0.717) is 5.70 Å². The highest BCUT2D eigenvalue weighted by molar-refractivity contribution is 5.70. The lowest BCUT2D eigenvalue weighted by Crippen LogP contribution is -2.27. The molecule has 0 spiro atoms. The number of hydrogen-bond donors (Lipinski definition) is 1. The molecule has 0 radical (unpaired) electrons. The highest BCUT2D eigenvalue weighted by Gasteiger charge is 2.16. The molecule has 0 aromatic rings. The molecule has 0 aliphatic heterocycles. The first kappa shape index (κ1) is 12.7. The van der Waals surface area contributed by atoms with Crippen molar-refractivity contribution in [1.82, 2.24) is 4.90 Å². The van der Waals surface area contributed by atoms with Gasteiger partial charge in [-0.1, -0.05) is 6.58 Å². The van der Waals surface area contributed by atoms with Gasteiger partial charge in [0.1, 0.15) is 18.3 Å². The number of carbonyl (C=O) groups is 1. The first-order chi connectivity index (χ1) is 6.93. The van der Waals surface area contributed by atoms with Crippen LogP contribution in [-0.2, 0) is 4.79 Å². The molecular formula is C10H11N3O2. The lowest BCUT2D eigenvalue weighted by atomic mass is 10.2. The van der Waals surface area contributed by atoms with Crippen LogP contribution in [0.1, 0.15) is 13.8 Å². The average Bonchev–Trinajstić information content (AvgIpc) is 2.16. The highest BCUT2D eigenvalue weighted by Crippen LogP contribution is 2.14. The van der Waals surface area contributed by atoms with Crippen molar-refractivity contribution in [2.24, 2.45) is 0 Å². The van der Waals surface area contributed by atoms with Crippen molar-refractivity contribution in [1.29, 1.82) is 10.5 Å². The van der Waals surface area contributed by atoms with Crippen LogP contribution >= 0.6 is 0 Å². The number of nitriles is 2. The summed E-state index contributed by atoms with van der Waals surface area (Å²) in [5, 5.41) is 26.1. The standard InChI is InChI=1S/C10H11N3O2/c1-7(2)13(6-10(14)15)9(5-12)8(3)4-11/h1,6H2,2-3H3,(H,14,15)/b9-8+. The number of carboxylic acid groups (broad SMARTS) is 1. The zero-order valence-corrected chi connectivity index (χ0v) is 8.61. The second-order valence-corrected chi connectivity index (χ2v) is 2.91. The van der Waals surface area contributed by atoms with E-state index in [1.165, 1.54) is 11.8 Å². The van der Waals surface area contributed by atoms with E-state index in [2.05, 4.69) is 6.58 Å². The van der Waals surface area contributed by atoms with Crippen LogP contribution in [0.3, 0.4) is 0 Å². The number of carboxylic acids is 1. The molecule has 15 heavy (non-hydrogen) atoms. The third-order valence-electron chi connectivity index (χ3n) is 1.65. The van der Waals surface area contributed by atoms with Crippen LogP contribution in [0, 0.1) is 22.7 Å². The Morgan fingerprint density at radius 3 is 2.20 bits per heavy atom. The van der Waals surface area contributed by atoms with Crippen LogP contribution in [0.5, 0.6) is 0 Å². The van der Waals surface area contributed by atoms with Crippen LogP contribution in [0.2, 0.25) is 0 Å². The summed E-state index contributed by atoms with van der Waals surface area (Å²) in [6.45, 7) is 6.21. The Hall–Kier alpha value is -2.27. The number of rotatable bonds is 4. The fraction of sp³-hybridized carbons (Fsp3) is 0.300. The number of hydrogen-bond acceptors (Lipinski definition) is 4. The van der Waals surface area contributed by atoms with Crippen LogP contribution in [-0.4, -0.2) is 22.5 Å². The molecule has 5 heteroatoms. The summed E-state index contributed by atoms with van der Waals surface area (Å²) in [4.78, 5) is 11.7. The molecule has 78 valence electrons. The molecule has 0 aromatic heterocycles. The quantitative estimate of drug-likeness (QED) is 0.697. The maximum atomic E-state index is 10.5. The monoisotopic (exact) mass is 205 g/mol. The number of nitrogens with zero attached hydrogens (tertiary/aromatic N) is 3. The van der Waals surface area contributed by atoms with Crippen LogP contribution in [0.4, 0.5) is 0 Å². The Balaban J connectivity index is 5.27. The van der Waals surface area contributed by atoms with Gasteiger partial charge in [0.15, 0.2) is 0 Å². The lowest BCUT2D eigenvalue weighted by molar-refractivity contribution is -0.137. The molecule has 5 nitrogen and oxygen atoms in total. The van der Waals surface area contributed by atoms with Gasteiger partial charge >= 0.3 is 5.97 Å². The summed E-state index contributed by atoms with van der Waals surface area (Å²) in [5.74, 6) is -1.09. The van der Waals surface area contributed by atoms with Crippen molar-refractivity contribution in [3.8, 4) is 12.1 Å². The maximum absolute atomic E-state index is 10.5. The molecule has 0 atom stereocenters. The SMILES string of the molecule is C=C(C)N(CC(=O)O)/C(C#N)=C(\C)C#N. The van der Waals surface area contributed by atoms with Gasteiger partial charge in [-0.2, -0.15) is 10.5 Å². The molecule has 0 fully saturated rings. The Kier molecular flexibility index (Phi) is 4.63. The molecule has 0 aliphatic carbocycles. The maximum Gasteiger partial charge on any atom is 0.323 e. The van der Waals surface area contributed by atoms with E-state index in [-0.39, 0.29) is 17.8 Å². The normalized spacial score (nSPS) is 10.7. The number of allylic oxidation sites excluding steroid dienone is 3. The topological polar surface area (TPSA) is 88.1 Å². The van der Waals surface area contributed by atoms with Crippen molar-refractivity contribution in [2.75, 3.05) is 6.54 Å². The minimum atomic E-state index is -1.09. The Morgan fingerprint density at radius 2 is 1.93 bits per heavy atom. The van der Waals surface area contributed by atoms with Crippen molar-refractivity contribution in [2.45, 2.75) is 13.8 Å². The summed E-state index contributed by atoms with van der Waals surface area (Å²) in [7, 11) is 0. The van der Waals surface area contributed by atoms with Gasteiger partial charge in [0.2, 0.25) is 0 Å².